The van der Waals surface area contributed by atoms with Gasteiger partial charge in [0, 0.05) is 28.8 Å². The van der Waals surface area contributed by atoms with Crippen LogP contribution in [-0.4, -0.2) is 26.7 Å². The van der Waals surface area contributed by atoms with Crippen molar-refractivity contribution in [3.05, 3.63) is 74.9 Å². The number of hydrogen-bond donors (Lipinski definition) is 2. The van der Waals surface area contributed by atoms with Crippen molar-refractivity contribution in [1.29, 1.82) is 0 Å². The molecule has 3 aromatic rings. The zero-order valence-corrected chi connectivity index (χ0v) is 16.3. The molecule has 0 unspecified atom stereocenters. The molecule has 0 bridgehead atoms. The zero-order chi connectivity index (χ0) is 20.5. The maximum absolute atomic E-state index is 12.8. The average Bonchev–Trinajstić information content (AvgIpc) is 3.42. The largest absolute Gasteiger partial charge is 0.377 e. The van der Waals surface area contributed by atoms with Crippen molar-refractivity contribution >= 4 is 34.7 Å². The first-order valence-corrected chi connectivity index (χ1v) is 9.47. The van der Waals surface area contributed by atoms with Gasteiger partial charge in [-0.15, -0.1) is 0 Å². The summed E-state index contributed by atoms with van der Waals surface area (Å²) in [6.45, 7) is 1.81. The van der Waals surface area contributed by atoms with E-state index in [9.17, 15) is 14.9 Å². The van der Waals surface area contributed by atoms with E-state index in [1.54, 1.807) is 48.0 Å². The molecule has 2 aromatic carbocycles. The standard InChI is InChI=1S/C20H18ClN5O3/c1-12-9-19(25(24-12)16-4-2-3-14(21)11-16)23-20(27)13-5-8-17(22-15-6-7-15)18(10-13)26(28)29/h2-5,8-11,15,22H,6-7H2,1H3,(H,23,27). The van der Waals surface area contributed by atoms with Crippen molar-refractivity contribution in [3.63, 3.8) is 0 Å². The van der Waals surface area contributed by atoms with Gasteiger partial charge in [0.15, 0.2) is 0 Å². The van der Waals surface area contributed by atoms with Crippen LogP contribution >= 0.6 is 11.6 Å². The number of nitrogens with zero attached hydrogens (tertiary/aromatic N) is 3. The number of rotatable bonds is 6. The third-order valence-electron chi connectivity index (χ3n) is 4.52. The number of nitrogens with one attached hydrogen (secondary N) is 2. The summed E-state index contributed by atoms with van der Waals surface area (Å²) < 4.78 is 1.57. The Labute approximate surface area is 171 Å². The molecule has 1 aliphatic rings. The molecule has 1 fully saturated rings. The predicted octanol–water partition coefficient (Wildman–Crippen LogP) is 4.57. The van der Waals surface area contributed by atoms with Crippen LogP contribution < -0.4 is 10.6 Å². The van der Waals surface area contributed by atoms with Crippen LogP contribution in [-0.2, 0) is 0 Å². The number of aryl methyl sites for hydroxylation is 1. The van der Waals surface area contributed by atoms with Crippen LogP contribution in [0.3, 0.4) is 0 Å². The van der Waals surface area contributed by atoms with E-state index >= 15 is 0 Å². The number of amides is 1. The summed E-state index contributed by atoms with van der Waals surface area (Å²) in [7, 11) is 0. The lowest BCUT2D eigenvalue weighted by atomic mass is 10.1. The minimum absolute atomic E-state index is 0.121. The van der Waals surface area contributed by atoms with E-state index in [-0.39, 0.29) is 17.3 Å². The van der Waals surface area contributed by atoms with Gasteiger partial charge in [-0.3, -0.25) is 14.9 Å². The first kappa shape index (κ1) is 18.9. The van der Waals surface area contributed by atoms with Crippen molar-refractivity contribution in [1.82, 2.24) is 9.78 Å². The molecule has 1 aromatic heterocycles. The first-order chi connectivity index (χ1) is 13.9. The molecule has 1 amide bonds. The van der Waals surface area contributed by atoms with Gasteiger partial charge in [0.1, 0.15) is 11.5 Å². The molecule has 29 heavy (non-hydrogen) atoms. The second-order valence-corrected chi connectivity index (χ2v) is 7.36. The number of halogens is 1. The van der Waals surface area contributed by atoms with Crippen molar-refractivity contribution in [3.8, 4) is 5.69 Å². The Kier molecular flexibility index (Phi) is 4.94. The van der Waals surface area contributed by atoms with Gasteiger partial charge in [-0.2, -0.15) is 5.10 Å². The van der Waals surface area contributed by atoms with Crippen molar-refractivity contribution in [2.24, 2.45) is 0 Å². The summed E-state index contributed by atoms with van der Waals surface area (Å²) in [6.07, 6.45) is 1.98. The Morgan fingerprint density at radius 2 is 2.03 bits per heavy atom. The van der Waals surface area contributed by atoms with E-state index in [1.165, 1.54) is 6.07 Å². The topological polar surface area (TPSA) is 102 Å². The van der Waals surface area contributed by atoms with Gasteiger partial charge >= 0.3 is 0 Å². The summed E-state index contributed by atoms with van der Waals surface area (Å²) in [5.41, 5.74) is 1.89. The smallest absolute Gasteiger partial charge is 0.293 e. The number of nitro benzene ring substituents is 1. The van der Waals surface area contributed by atoms with Gasteiger partial charge in [-0.1, -0.05) is 17.7 Å². The lowest BCUT2D eigenvalue weighted by Gasteiger charge is -2.10. The number of anilines is 2. The fraction of sp³-hybridized carbons (Fsp3) is 0.200. The van der Waals surface area contributed by atoms with E-state index in [1.807, 2.05) is 6.07 Å². The Hall–Kier alpha value is -3.39. The first-order valence-electron chi connectivity index (χ1n) is 9.09. The number of benzene rings is 2. The average molecular weight is 412 g/mol. The summed E-state index contributed by atoms with van der Waals surface area (Å²) >= 11 is 6.06. The fourth-order valence-electron chi connectivity index (χ4n) is 2.98. The number of nitro groups is 1. The maximum atomic E-state index is 12.8. The molecule has 1 saturated carbocycles. The van der Waals surface area contributed by atoms with Crippen LogP contribution in [0.4, 0.5) is 17.2 Å². The highest BCUT2D eigenvalue weighted by Gasteiger charge is 2.25. The third-order valence-corrected chi connectivity index (χ3v) is 4.75. The molecular formula is C20H18ClN5O3. The molecule has 9 heteroatoms. The van der Waals surface area contributed by atoms with Gasteiger partial charge in [0.05, 0.1) is 16.3 Å². The van der Waals surface area contributed by atoms with Gasteiger partial charge in [0.25, 0.3) is 11.6 Å². The number of hydrogen-bond acceptors (Lipinski definition) is 5. The lowest BCUT2D eigenvalue weighted by molar-refractivity contribution is -0.384. The minimum atomic E-state index is -0.484. The van der Waals surface area contributed by atoms with Crippen LogP contribution in [0.15, 0.2) is 48.5 Å². The molecule has 8 nitrogen and oxygen atoms in total. The molecule has 0 aliphatic heterocycles. The van der Waals surface area contributed by atoms with E-state index in [4.69, 9.17) is 11.6 Å². The van der Waals surface area contributed by atoms with Crippen LogP contribution in [0.25, 0.3) is 5.69 Å². The van der Waals surface area contributed by atoms with Gasteiger partial charge in [-0.25, -0.2) is 4.68 Å². The molecule has 2 N–H and O–H groups in total. The Bertz CT molecular complexity index is 1110. The zero-order valence-electron chi connectivity index (χ0n) is 15.6. The predicted molar refractivity (Wildman–Crippen MR) is 111 cm³/mol. The molecular weight excluding hydrogens is 394 g/mol. The highest BCUT2D eigenvalue weighted by molar-refractivity contribution is 6.30. The van der Waals surface area contributed by atoms with Crippen LogP contribution in [0.5, 0.6) is 0 Å². The van der Waals surface area contributed by atoms with Crippen molar-refractivity contribution < 1.29 is 9.72 Å². The highest BCUT2D eigenvalue weighted by Crippen LogP contribution is 2.32. The SMILES string of the molecule is Cc1cc(NC(=O)c2ccc(NC3CC3)c([N+](=O)[O-])c2)n(-c2cccc(Cl)c2)n1. The monoisotopic (exact) mass is 411 g/mol. The molecule has 0 spiro atoms. The molecule has 0 atom stereocenters. The number of carbonyl (C=O) groups is 1. The van der Waals surface area contributed by atoms with E-state index in [0.717, 1.165) is 12.8 Å². The van der Waals surface area contributed by atoms with Gasteiger partial charge in [-0.05, 0) is 50.1 Å². The third kappa shape index (κ3) is 4.22. The highest BCUT2D eigenvalue weighted by atomic mass is 35.5. The van der Waals surface area contributed by atoms with Gasteiger partial charge in [0.2, 0.25) is 0 Å². The van der Waals surface area contributed by atoms with Crippen molar-refractivity contribution in [2.75, 3.05) is 10.6 Å². The lowest BCUT2D eigenvalue weighted by Crippen LogP contribution is -2.16. The Morgan fingerprint density at radius 3 is 2.72 bits per heavy atom. The van der Waals surface area contributed by atoms with Crippen molar-refractivity contribution in [2.45, 2.75) is 25.8 Å². The summed E-state index contributed by atoms with van der Waals surface area (Å²) in [6, 6.07) is 13.5. The molecule has 0 saturated heterocycles. The van der Waals surface area contributed by atoms with Crippen LogP contribution in [0.1, 0.15) is 28.9 Å². The molecule has 148 valence electrons. The van der Waals surface area contributed by atoms with E-state index < -0.39 is 10.8 Å². The second-order valence-electron chi connectivity index (χ2n) is 6.92. The van der Waals surface area contributed by atoms with E-state index in [2.05, 4.69) is 15.7 Å². The molecule has 0 radical (unpaired) electrons. The van der Waals surface area contributed by atoms with Crippen LogP contribution in [0, 0.1) is 17.0 Å². The second kappa shape index (κ2) is 7.56. The molecule has 1 heterocycles. The van der Waals surface area contributed by atoms with Gasteiger partial charge < -0.3 is 10.6 Å². The quantitative estimate of drug-likeness (QED) is 0.457. The van der Waals surface area contributed by atoms with Crippen LogP contribution in [0.2, 0.25) is 5.02 Å². The Balaban J connectivity index is 1.61. The minimum Gasteiger partial charge on any atom is -0.377 e. The molecule has 1 aliphatic carbocycles. The Morgan fingerprint density at radius 1 is 1.24 bits per heavy atom. The normalized spacial score (nSPS) is 13.2. The molecule has 4 rings (SSSR count). The number of aromatic nitrogens is 2. The fourth-order valence-corrected chi connectivity index (χ4v) is 3.16. The summed E-state index contributed by atoms with van der Waals surface area (Å²) in [4.78, 5) is 23.7. The summed E-state index contributed by atoms with van der Waals surface area (Å²) in [5, 5.41) is 22.3. The summed E-state index contributed by atoms with van der Waals surface area (Å²) in [5.74, 6) is -0.0214. The van der Waals surface area contributed by atoms with E-state index in [0.29, 0.717) is 27.9 Å². The number of carbonyl (C=O) groups excluding carboxylic acids is 1. The maximum Gasteiger partial charge on any atom is 0.293 e.